The Morgan fingerprint density at radius 2 is 1.86 bits per heavy atom. The molecule has 3 N–H and O–H groups in total. The summed E-state index contributed by atoms with van der Waals surface area (Å²) in [7, 11) is 0. The molecule has 2 aliphatic carbocycles. The summed E-state index contributed by atoms with van der Waals surface area (Å²) < 4.78 is 7.00. The molecule has 2 atom stereocenters. The molecular formula is C27H41N7O3. The van der Waals surface area contributed by atoms with E-state index in [0.29, 0.717) is 23.3 Å². The number of aromatic nitrogens is 6. The number of aliphatic hydroxyl groups excluding tert-OH is 1. The van der Waals surface area contributed by atoms with E-state index in [4.69, 9.17) is 19.5 Å². The fourth-order valence-corrected chi connectivity index (χ4v) is 6.12. The first-order valence-electron chi connectivity index (χ1n) is 14.2. The first kappa shape index (κ1) is 25.9. The lowest BCUT2D eigenvalue weighted by atomic mass is 9.80. The third-order valence-electron chi connectivity index (χ3n) is 8.69. The van der Waals surface area contributed by atoms with Crippen molar-refractivity contribution in [3.63, 3.8) is 0 Å². The monoisotopic (exact) mass is 511 g/mol. The normalized spacial score (nSPS) is 22.2. The van der Waals surface area contributed by atoms with Gasteiger partial charge in [-0.25, -0.2) is 19.7 Å². The molecule has 37 heavy (non-hydrogen) atoms. The van der Waals surface area contributed by atoms with Gasteiger partial charge < -0.3 is 15.0 Å². The molecule has 2 fully saturated rings. The third-order valence-corrected chi connectivity index (χ3v) is 8.69. The maximum atomic E-state index is 11.6. The topological polar surface area (TPSA) is 135 Å². The summed E-state index contributed by atoms with van der Waals surface area (Å²) in [5.74, 6) is 3.29. The van der Waals surface area contributed by atoms with Crippen LogP contribution in [0.3, 0.4) is 0 Å². The molecule has 3 heterocycles. The molecule has 5 rings (SSSR count). The summed E-state index contributed by atoms with van der Waals surface area (Å²) in [6.07, 6.45) is 12.0. The standard InChI is InChI=1S/C27H41N7O3/c1-4-7-17-10-12-18(13-11-17)14-34-21-22(28-16(3)20-8-6-9-20)29-24(25-32-27(36)37-33-25)30-23(21)31-26(34)19(5-2)15-35/h16-20,35H,4-15H2,1-3H3,(H,28,29,30)(H,32,33,36). The Labute approximate surface area is 217 Å². The van der Waals surface area contributed by atoms with Crippen LogP contribution in [-0.2, 0) is 6.54 Å². The fourth-order valence-electron chi connectivity index (χ4n) is 6.12. The van der Waals surface area contributed by atoms with Crippen LogP contribution in [0.25, 0.3) is 22.8 Å². The van der Waals surface area contributed by atoms with Gasteiger partial charge in [0.2, 0.25) is 11.6 Å². The van der Waals surface area contributed by atoms with Crippen LogP contribution >= 0.6 is 0 Å². The lowest BCUT2D eigenvalue weighted by molar-refractivity contribution is 0.232. The van der Waals surface area contributed by atoms with Crippen molar-refractivity contribution in [2.45, 2.75) is 103 Å². The van der Waals surface area contributed by atoms with Gasteiger partial charge in [-0.05, 0) is 56.8 Å². The van der Waals surface area contributed by atoms with Crippen molar-refractivity contribution in [3.05, 3.63) is 16.4 Å². The maximum absolute atomic E-state index is 11.6. The van der Waals surface area contributed by atoms with E-state index in [-0.39, 0.29) is 30.2 Å². The quantitative estimate of drug-likeness (QED) is 0.332. The van der Waals surface area contributed by atoms with Crippen molar-refractivity contribution in [3.8, 4) is 11.6 Å². The van der Waals surface area contributed by atoms with Crippen molar-refractivity contribution in [2.75, 3.05) is 11.9 Å². The van der Waals surface area contributed by atoms with Gasteiger partial charge in [0.05, 0.1) is 6.61 Å². The molecule has 2 aliphatic rings. The third kappa shape index (κ3) is 5.44. The Morgan fingerprint density at radius 3 is 2.46 bits per heavy atom. The van der Waals surface area contributed by atoms with E-state index in [1.807, 2.05) is 0 Å². The molecule has 0 aliphatic heterocycles. The van der Waals surface area contributed by atoms with Crippen LogP contribution in [0.15, 0.2) is 9.32 Å². The number of hydrogen-bond acceptors (Lipinski definition) is 8. The number of aromatic amines is 1. The lowest BCUT2D eigenvalue weighted by Gasteiger charge is -2.32. The second kappa shape index (κ2) is 11.3. The van der Waals surface area contributed by atoms with Crippen molar-refractivity contribution in [1.29, 1.82) is 0 Å². The van der Waals surface area contributed by atoms with Gasteiger partial charge in [0.25, 0.3) is 0 Å². The summed E-state index contributed by atoms with van der Waals surface area (Å²) in [4.78, 5) is 28.7. The lowest BCUT2D eigenvalue weighted by Crippen LogP contribution is -2.31. The zero-order valence-corrected chi connectivity index (χ0v) is 22.4. The molecule has 10 nitrogen and oxygen atoms in total. The van der Waals surface area contributed by atoms with Crippen molar-refractivity contribution < 1.29 is 9.63 Å². The van der Waals surface area contributed by atoms with E-state index in [2.05, 4.69) is 40.8 Å². The summed E-state index contributed by atoms with van der Waals surface area (Å²) in [5, 5.41) is 17.7. The van der Waals surface area contributed by atoms with Gasteiger partial charge in [0.15, 0.2) is 11.5 Å². The Morgan fingerprint density at radius 1 is 1.11 bits per heavy atom. The highest BCUT2D eigenvalue weighted by atomic mass is 16.5. The molecule has 0 saturated heterocycles. The highest BCUT2D eigenvalue weighted by molar-refractivity contribution is 5.85. The minimum absolute atomic E-state index is 0.0290. The molecule has 0 spiro atoms. The molecule has 2 saturated carbocycles. The number of hydrogen-bond donors (Lipinski definition) is 3. The highest BCUT2D eigenvalue weighted by Gasteiger charge is 2.30. The maximum Gasteiger partial charge on any atom is 0.439 e. The smallest absolute Gasteiger partial charge is 0.396 e. The first-order chi connectivity index (χ1) is 18.0. The molecule has 3 aromatic rings. The Balaban J connectivity index is 1.57. The Kier molecular flexibility index (Phi) is 7.92. The van der Waals surface area contributed by atoms with E-state index in [0.717, 1.165) is 30.2 Å². The second-order valence-corrected chi connectivity index (χ2v) is 11.2. The van der Waals surface area contributed by atoms with Gasteiger partial charge in [-0.3, -0.25) is 9.51 Å². The molecule has 0 bridgehead atoms. The molecule has 202 valence electrons. The molecule has 0 amide bonds. The van der Waals surface area contributed by atoms with Crippen molar-refractivity contribution in [1.82, 2.24) is 29.7 Å². The average Bonchev–Trinajstić information content (AvgIpc) is 3.44. The van der Waals surface area contributed by atoms with Gasteiger partial charge in [0.1, 0.15) is 11.3 Å². The number of imidazole rings is 1. The van der Waals surface area contributed by atoms with E-state index in [1.54, 1.807) is 0 Å². The predicted molar refractivity (Wildman–Crippen MR) is 142 cm³/mol. The second-order valence-electron chi connectivity index (χ2n) is 11.2. The van der Waals surface area contributed by atoms with E-state index < -0.39 is 5.76 Å². The van der Waals surface area contributed by atoms with E-state index >= 15 is 0 Å². The summed E-state index contributed by atoms with van der Waals surface area (Å²) in [6.45, 7) is 7.43. The summed E-state index contributed by atoms with van der Waals surface area (Å²) in [5.41, 5.74) is 1.43. The van der Waals surface area contributed by atoms with Crippen LogP contribution in [-0.4, -0.2) is 47.4 Å². The Hall–Kier alpha value is -2.75. The fraction of sp³-hybridized carbons (Fsp3) is 0.741. The molecular weight excluding hydrogens is 470 g/mol. The Bertz CT molecular complexity index is 1230. The van der Waals surface area contributed by atoms with Gasteiger partial charge in [-0.2, -0.15) is 0 Å². The van der Waals surface area contributed by atoms with Crippen LogP contribution in [0.1, 0.15) is 96.7 Å². The van der Waals surface area contributed by atoms with Crippen LogP contribution in [0, 0.1) is 17.8 Å². The first-order valence-corrected chi connectivity index (χ1v) is 14.2. The van der Waals surface area contributed by atoms with E-state index in [1.165, 1.54) is 57.8 Å². The number of nitrogens with zero attached hydrogens (tertiary/aromatic N) is 5. The van der Waals surface area contributed by atoms with Gasteiger partial charge >= 0.3 is 5.76 Å². The molecule has 0 radical (unpaired) electrons. The number of anilines is 1. The summed E-state index contributed by atoms with van der Waals surface area (Å²) >= 11 is 0. The van der Waals surface area contributed by atoms with Crippen LogP contribution in [0.2, 0.25) is 0 Å². The number of H-pyrrole nitrogens is 1. The number of rotatable bonds is 11. The SMILES string of the molecule is CCCC1CCC(Cn2c(C(CC)CO)nc3nc(-c4noc(=O)[nH]4)nc(NC(C)C4CCC4)c32)CC1. The minimum Gasteiger partial charge on any atom is -0.396 e. The van der Waals surface area contributed by atoms with Crippen molar-refractivity contribution >= 4 is 17.0 Å². The largest absolute Gasteiger partial charge is 0.439 e. The van der Waals surface area contributed by atoms with Gasteiger partial charge in [-0.1, -0.05) is 51.1 Å². The summed E-state index contributed by atoms with van der Waals surface area (Å²) in [6, 6.07) is 0.243. The van der Waals surface area contributed by atoms with Crippen LogP contribution in [0.4, 0.5) is 5.82 Å². The molecule has 0 aromatic carbocycles. The molecule has 3 aromatic heterocycles. The van der Waals surface area contributed by atoms with Gasteiger partial charge in [-0.15, -0.1) is 0 Å². The zero-order chi connectivity index (χ0) is 25.9. The zero-order valence-electron chi connectivity index (χ0n) is 22.4. The molecule has 2 unspecified atom stereocenters. The number of aliphatic hydroxyl groups is 1. The minimum atomic E-state index is -0.646. The highest BCUT2D eigenvalue weighted by Crippen LogP contribution is 2.37. The number of nitrogens with one attached hydrogen (secondary N) is 2. The predicted octanol–water partition coefficient (Wildman–Crippen LogP) is 4.86. The van der Waals surface area contributed by atoms with Crippen molar-refractivity contribution in [2.24, 2.45) is 17.8 Å². The van der Waals surface area contributed by atoms with Gasteiger partial charge in [0, 0.05) is 18.5 Å². The molecule has 10 heteroatoms. The average molecular weight is 512 g/mol. The van der Waals surface area contributed by atoms with Crippen LogP contribution in [0.5, 0.6) is 0 Å². The number of fused-ring (bicyclic) bond motifs is 1. The van der Waals surface area contributed by atoms with Crippen LogP contribution < -0.4 is 11.1 Å². The van der Waals surface area contributed by atoms with E-state index in [9.17, 15) is 9.90 Å².